The van der Waals surface area contributed by atoms with E-state index in [1.807, 2.05) is 0 Å². The minimum atomic E-state index is -1.27. The van der Waals surface area contributed by atoms with Crippen molar-refractivity contribution in [3.63, 3.8) is 0 Å². The van der Waals surface area contributed by atoms with E-state index in [9.17, 15) is 4.79 Å². The molecule has 1 aliphatic rings. The standard InChI is InChI=1S/C8H11Cl3O/c9-8(10,11)5-6-3-1-2-4-7(6)12/h6H,1-5H2. The molecule has 0 N–H and O–H groups in total. The van der Waals surface area contributed by atoms with Gasteiger partial charge in [-0.2, -0.15) is 0 Å². The van der Waals surface area contributed by atoms with E-state index in [0.717, 1.165) is 19.3 Å². The van der Waals surface area contributed by atoms with Crippen LogP contribution in [0.2, 0.25) is 0 Å². The second-order valence-electron chi connectivity index (χ2n) is 3.23. The van der Waals surface area contributed by atoms with Crippen LogP contribution in [0.5, 0.6) is 0 Å². The van der Waals surface area contributed by atoms with Gasteiger partial charge in [0.2, 0.25) is 0 Å². The van der Waals surface area contributed by atoms with Crippen molar-refractivity contribution in [1.82, 2.24) is 0 Å². The molecule has 1 rings (SSSR count). The molecule has 1 saturated carbocycles. The molecule has 1 atom stereocenters. The Morgan fingerprint density at radius 1 is 1.33 bits per heavy atom. The summed E-state index contributed by atoms with van der Waals surface area (Å²) in [6.07, 6.45) is 3.99. The molecule has 70 valence electrons. The lowest BCUT2D eigenvalue weighted by molar-refractivity contribution is -0.124. The normalized spacial score (nSPS) is 25.9. The summed E-state index contributed by atoms with van der Waals surface area (Å²) >= 11 is 16.8. The Morgan fingerprint density at radius 2 is 2.00 bits per heavy atom. The van der Waals surface area contributed by atoms with E-state index in [2.05, 4.69) is 0 Å². The van der Waals surface area contributed by atoms with Gasteiger partial charge in [0.05, 0.1) is 0 Å². The van der Waals surface area contributed by atoms with Gasteiger partial charge in [0.15, 0.2) is 3.79 Å². The number of carbonyl (C=O) groups is 1. The number of carbonyl (C=O) groups excluding carboxylic acids is 1. The Labute approximate surface area is 87.4 Å². The molecule has 0 spiro atoms. The first-order valence-corrected chi connectivity index (χ1v) is 5.22. The van der Waals surface area contributed by atoms with Gasteiger partial charge in [-0.25, -0.2) is 0 Å². The van der Waals surface area contributed by atoms with Crippen LogP contribution < -0.4 is 0 Å². The van der Waals surface area contributed by atoms with E-state index in [4.69, 9.17) is 34.8 Å². The number of halogens is 3. The molecule has 0 heterocycles. The van der Waals surface area contributed by atoms with Crippen molar-refractivity contribution < 1.29 is 4.79 Å². The first kappa shape index (κ1) is 10.6. The van der Waals surface area contributed by atoms with Gasteiger partial charge in [0.25, 0.3) is 0 Å². The van der Waals surface area contributed by atoms with E-state index in [1.54, 1.807) is 0 Å². The van der Waals surface area contributed by atoms with Gasteiger partial charge in [-0.05, 0) is 12.8 Å². The Balaban J connectivity index is 2.45. The van der Waals surface area contributed by atoms with Crippen LogP contribution in [-0.4, -0.2) is 9.58 Å². The van der Waals surface area contributed by atoms with Gasteiger partial charge in [-0.15, -0.1) is 0 Å². The minimum Gasteiger partial charge on any atom is -0.299 e. The van der Waals surface area contributed by atoms with Crippen molar-refractivity contribution in [2.24, 2.45) is 5.92 Å². The van der Waals surface area contributed by atoms with Crippen LogP contribution in [0.25, 0.3) is 0 Å². The first-order valence-electron chi connectivity index (χ1n) is 4.08. The predicted molar refractivity (Wildman–Crippen MR) is 51.9 cm³/mol. The fourth-order valence-corrected chi connectivity index (χ4v) is 2.11. The summed E-state index contributed by atoms with van der Waals surface area (Å²) in [5, 5.41) is 0. The van der Waals surface area contributed by atoms with Gasteiger partial charge in [-0.3, -0.25) is 4.79 Å². The summed E-state index contributed by atoms with van der Waals surface area (Å²) in [5.74, 6) is 0.235. The minimum absolute atomic E-state index is 0.0220. The summed E-state index contributed by atoms with van der Waals surface area (Å²) in [5.41, 5.74) is 0. The second kappa shape index (κ2) is 4.17. The van der Waals surface area contributed by atoms with Crippen molar-refractivity contribution in [1.29, 1.82) is 0 Å². The monoisotopic (exact) mass is 228 g/mol. The molecule has 0 aromatic heterocycles. The number of Topliss-reactive ketones (excluding diaryl/α,β-unsaturated/α-hetero) is 1. The maximum atomic E-state index is 11.3. The highest BCUT2D eigenvalue weighted by Crippen LogP contribution is 2.37. The van der Waals surface area contributed by atoms with Gasteiger partial charge < -0.3 is 0 Å². The molecule has 0 aromatic carbocycles. The Hall–Kier alpha value is 0.540. The number of hydrogen-bond acceptors (Lipinski definition) is 1. The van der Waals surface area contributed by atoms with E-state index >= 15 is 0 Å². The predicted octanol–water partition coefficient (Wildman–Crippen LogP) is 3.51. The number of ketones is 1. The van der Waals surface area contributed by atoms with Gasteiger partial charge in [0, 0.05) is 18.8 Å². The molecule has 1 unspecified atom stereocenters. The van der Waals surface area contributed by atoms with Gasteiger partial charge in [0.1, 0.15) is 5.78 Å². The molecule has 0 saturated heterocycles. The van der Waals surface area contributed by atoms with Crippen LogP contribution in [-0.2, 0) is 4.79 Å². The van der Waals surface area contributed by atoms with E-state index in [1.165, 1.54) is 0 Å². The third kappa shape index (κ3) is 3.51. The fraction of sp³-hybridized carbons (Fsp3) is 0.875. The van der Waals surface area contributed by atoms with Gasteiger partial charge >= 0.3 is 0 Å². The van der Waals surface area contributed by atoms with Crippen molar-refractivity contribution in [2.75, 3.05) is 0 Å². The Morgan fingerprint density at radius 3 is 2.50 bits per heavy atom. The molecule has 0 aromatic rings. The molecule has 4 heteroatoms. The van der Waals surface area contributed by atoms with Crippen LogP contribution in [0.1, 0.15) is 32.1 Å². The smallest absolute Gasteiger partial charge is 0.191 e. The second-order valence-corrected chi connectivity index (χ2v) is 5.74. The summed E-state index contributed by atoms with van der Waals surface area (Å²) < 4.78 is -1.27. The first-order chi connectivity index (χ1) is 5.49. The van der Waals surface area contributed by atoms with Crippen LogP contribution in [0.4, 0.5) is 0 Å². The highest BCUT2D eigenvalue weighted by Gasteiger charge is 2.30. The molecule has 0 aliphatic heterocycles. The summed E-state index contributed by atoms with van der Waals surface area (Å²) in [7, 11) is 0. The van der Waals surface area contributed by atoms with E-state index in [0.29, 0.717) is 12.8 Å². The Bertz CT molecular complexity index is 174. The lowest BCUT2D eigenvalue weighted by atomic mass is 9.86. The number of alkyl halides is 3. The van der Waals surface area contributed by atoms with Crippen molar-refractivity contribution in [2.45, 2.75) is 35.9 Å². The lowest BCUT2D eigenvalue weighted by Gasteiger charge is -2.23. The highest BCUT2D eigenvalue weighted by molar-refractivity contribution is 6.67. The number of rotatable bonds is 1. The van der Waals surface area contributed by atoms with Gasteiger partial charge in [-0.1, -0.05) is 41.2 Å². The lowest BCUT2D eigenvalue weighted by Crippen LogP contribution is -2.23. The zero-order valence-corrected chi connectivity index (χ0v) is 8.92. The van der Waals surface area contributed by atoms with E-state index in [-0.39, 0.29) is 11.7 Å². The molecule has 1 aliphatic carbocycles. The van der Waals surface area contributed by atoms with Crippen molar-refractivity contribution >= 4 is 40.6 Å². The average Bonchev–Trinajstić information content (AvgIpc) is 1.91. The highest BCUT2D eigenvalue weighted by atomic mass is 35.6. The molecule has 1 nitrogen and oxygen atoms in total. The van der Waals surface area contributed by atoms with E-state index < -0.39 is 3.79 Å². The maximum absolute atomic E-state index is 11.3. The topological polar surface area (TPSA) is 17.1 Å². The van der Waals surface area contributed by atoms with Crippen molar-refractivity contribution in [3.8, 4) is 0 Å². The molecular formula is C8H11Cl3O. The molecular weight excluding hydrogens is 218 g/mol. The maximum Gasteiger partial charge on any atom is 0.191 e. The van der Waals surface area contributed by atoms with Crippen LogP contribution in [0.3, 0.4) is 0 Å². The Kier molecular flexibility index (Phi) is 3.69. The zero-order chi connectivity index (χ0) is 9.19. The quantitative estimate of drug-likeness (QED) is 0.629. The van der Waals surface area contributed by atoms with Crippen LogP contribution >= 0.6 is 34.8 Å². The average molecular weight is 230 g/mol. The summed E-state index contributed by atoms with van der Waals surface area (Å²) in [6.45, 7) is 0. The molecule has 1 fully saturated rings. The van der Waals surface area contributed by atoms with Crippen molar-refractivity contribution in [3.05, 3.63) is 0 Å². The largest absolute Gasteiger partial charge is 0.299 e. The van der Waals surface area contributed by atoms with Crippen LogP contribution in [0, 0.1) is 5.92 Å². The molecule has 0 amide bonds. The summed E-state index contributed by atoms with van der Waals surface area (Å²) in [6, 6.07) is 0. The molecule has 12 heavy (non-hydrogen) atoms. The number of hydrogen-bond donors (Lipinski definition) is 0. The summed E-state index contributed by atoms with van der Waals surface area (Å²) in [4.78, 5) is 11.3. The third-order valence-corrected chi connectivity index (χ3v) is 2.62. The van der Waals surface area contributed by atoms with Crippen LogP contribution in [0.15, 0.2) is 0 Å². The fourth-order valence-electron chi connectivity index (χ4n) is 1.55. The zero-order valence-electron chi connectivity index (χ0n) is 6.66. The molecule has 0 radical (unpaired) electrons. The third-order valence-electron chi connectivity index (χ3n) is 2.16. The molecule has 0 bridgehead atoms. The SMILES string of the molecule is O=C1CCCCC1CC(Cl)(Cl)Cl.